The maximum atomic E-state index is 10.5. The number of nitrogens with one attached hydrogen (secondary N) is 1. The van der Waals surface area contributed by atoms with Crippen LogP contribution in [-0.4, -0.2) is 33.7 Å². The normalized spacial score (nSPS) is 28.6. The van der Waals surface area contributed by atoms with Gasteiger partial charge >= 0.3 is 0 Å². The van der Waals surface area contributed by atoms with Crippen LogP contribution in [-0.2, 0) is 0 Å². The largest absolute Gasteiger partial charge is 0.390 e. The quantitative estimate of drug-likeness (QED) is 0.872. The number of hydrogen-bond donors (Lipinski definition) is 2. The minimum atomic E-state index is -0.583. The van der Waals surface area contributed by atoms with Crippen LogP contribution in [0.5, 0.6) is 0 Å². The number of aromatic nitrogens is 1. The first-order chi connectivity index (χ1) is 11.0. The Morgan fingerprint density at radius 1 is 1.30 bits per heavy atom. The van der Waals surface area contributed by atoms with Gasteiger partial charge in [0.15, 0.2) is 0 Å². The molecule has 0 saturated carbocycles. The third-order valence-corrected chi connectivity index (χ3v) is 6.18. The minimum Gasteiger partial charge on any atom is -0.390 e. The molecule has 3 nitrogen and oxygen atoms in total. The first kappa shape index (κ1) is 15.2. The van der Waals surface area contributed by atoms with Crippen molar-refractivity contribution in [2.75, 3.05) is 13.1 Å². The lowest BCUT2D eigenvalue weighted by molar-refractivity contribution is -0.0343. The highest BCUT2D eigenvalue weighted by molar-refractivity contribution is 5.85. The summed E-state index contributed by atoms with van der Waals surface area (Å²) < 4.78 is 0. The molecule has 0 bridgehead atoms. The molecule has 23 heavy (non-hydrogen) atoms. The maximum Gasteiger partial charge on any atom is 0.0620 e. The van der Waals surface area contributed by atoms with E-state index in [1.165, 1.54) is 23.0 Å². The molecule has 1 saturated heterocycles. The number of nitrogens with zero attached hydrogens (tertiary/aromatic N) is 1. The average molecular weight is 312 g/mol. The lowest BCUT2D eigenvalue weighted by Crippen LogP contribution is -2.47. The molecule has 3 atom stereocenters. The molecule has 1 aromatic carbocycles. The molecule has 3 heteroatoms. The molecule has 2 aromatic rings. The molecule has 4 rings (SSSR count). The topological polar surface area (TPSA) is 39.3 Å². The van der Waals surface area contributed by atoms with E-state index in [0.29, 0.717) is 17.9 Å². The average Bonchev–Trinajstić information content (AvgIpc) is 2.92. The predicted octanol–water partition coefficient (Wildman–Crippen LogP) is 4.20. The van der Waals surface area contributed by atoms with Crippen LogP contribution in [0.15, 0.2) is 24.3 Å². The first-order valence-electron chi connectivity index (χ1n) is 9.06. The zero-order valence-electron chi connectivity index (χ0n) is 14.5. The van der Waals surface area contributed by atoms with Crippen molar-refractivity contribution >= 4 is 10.9 Å². The standard InChI is InChI=1S/C20H28N2O/c1-4-13-12-22-10-9-14(20(2,3)23)11-17(22)19-18(13)15-7-5-6-8-16(15)21-19/h5-8,13-14,17,21,23H,4,9-12H2,1-3H3/t13?,14-,17?/m1/s1. The predicted molar refractivity (Wildman–Crippen MR) is 94.7 cm³/mol. The minimum absolute atomic E-state index is 0.376. The van der Waals surface area contributed by atoms with Gasteiger partial charge in [-0.3, -0.25) is 4.90 Å². The number of rotatable bonds is 2. The number of para-hydroxylation sites is 1. The van der Waals surface area contributed by atoms with Crippen LogP contribution >= 0.6 is 0 Å². The van der Waals surface area contributed by atoms with E-state index >= 15 is 0 Å². The van der Waals surface area contributed by atoms with E-state index in [0.717, 1.165) is 25.9 Å². The maximum absolute atomic E-state index is 10.5. The molecule has 3 heterocycles. The SMILES string of the molecule is CCC1CN2CC[C@@H](C(C)(C)O)CC2c2[nH]c3ccccc3c21. The molecule has 1 fully saturated rings. The Balaban J connectivity index is 1.80. The molecule has 0 aliphatic carbocycles. The Labute approximate surface area is 138 Å². The van der Waals surface area contributed by atoms with Crippen molar-refractivity contribution < 1.29 is 5.11 Å². The number of H-pyrrole nitrogens is 1. The highest BCUT2D eigenvalue weighted by Crippen LogP contribution is 2.47. The summed E-state index contributed by atoms with van der Waals surface area (Å²) in [5, 5.41) is 11.9. The Hall–Kier alpha value is -1.32. The van der Waals surface area contributed by atoms with Gasteiger partial charge in [-0.2, -0.15) is 0 Å². The van der Waals surface area contributed by atoms with Crippen molar-refractivity contribution in [3.05, 3.63) is 35.5 Å². The molecule has 1 aromatic heterocycles. The summed E-state index contributed by atoms with van der Waals surface area (Å²) in [5.41, 5.74) is 3.64. The molecule has 0 radical (unpaired) electrons. The van der Waals surface area contributed by atoms with Gasteiger partial charge in [0.25, 0.3) is 0 Å². The summed E-state index contributed by atoms with van der Waals surface area (Å²) in [6, 6.07) is 9.16. The van der Waals surface area contributed by atoms with Crippen LogP contribution in [0.2, 0.25) is 0 Å². The number of aromatic amines is 1. The van der Waals surface area contributed by atoms with E-state index in [1.807, 2.05) is 13.8 Å². The second-order valence-corrected chi connectivity index (χ2v) is 7.99. The number of aliphatic hydroxyl groups is 1. The summed E-state index contributed by atoms with van der Waals surface area (Å²) in [6.07, 6.45) is 3.35. The van der Waals surface area contributed by atoms with Crippen molar-refractivity contribution in [1.29, 1.82) is 0 Å². The third-order valence-electron chi connectivity index (χ3n) is 6.18. The summed E-state index contributed by atoms with van der Waals surface area (Å²) in [4.78, 5) is 6.38. The summed E-state index contributed by atoms with van der Waals surface area (Å²) in [6.45, 7) is 8.51. The van der Waals surface area contributed by atoms with Crippen molar-refractivity contribution in [2.24, 2.45) is 5.92 Å². The molecular formula is C20H28N2O. The highest BCUT2D eigenvalue weighted by Gasteiger charge is 2.42. The monoisotopic (exact) mass is 312 g/mol. The van der Waals surface area contributed by atoms with Gasteiger partial charge in [0.1, 0.15) is 0 Å². The number of hydrogen-bond acceptors (Lipinski definition) is 2. The van der Waals surface area contributed by atoms with Gasteiger partial charge in [-0.25, -0.2) is 0 Å². The van der Waals surface area contributed by atoms with Crippen molar-refractivity contribution in [3.8, 4) is 0 Å². The fourth-order valence-electron chi connectivity index (χ4n) is 4.77. The lowest BCUT2D eigenvalue weighted by atomic mass is 9.75. The van der Waals surface area contributed by atoms with Crippen molar-refractivity contribution in [1.82, 2.24) is 9.88 Å². The molecule has 0 amide bonds. The van der Waals surface area contributed by atoms with Crippen LogP contribution in [0.25, 0.3) is 10.9 Å². The molecule has 0 spiro atoms. The van der Waals surface area contributed by atoms with Crippen LogP contribution in [0.1, 0.15) is 63.3 Å². The van der Waals surface area contributed by atoms with Crippen molar-refractivity contribution in [3.63, 3.8) is 0 Å². The molecule has 2 N–H and O–H groups in total. The van der Waals surface area contributed by atoms with Crippen molar-refractivity contribution in [2.45, 2.75) is 57.6 Å². The van der Waals surface area contributed by atoms with Gasteiger partial charge in [-0.05, 0) is 63.1 Å². The van der Waals surface area contributed by atoms with Gasteiger partial charge in [0.05, 0.1) is 11.6 Å². The van der Waals surface area contributed by atoms with Crippen LogP contribution in [0.3, 0.4) is 0 Å². The number of benzene rings is 1. The van der Waals surface area contributed by atoms with E-state index < -0.39 is 5.60 Å². The summed E-state index contributed by atoms with van der Waals surface area (Å²) >= 11 is 0. The van der Waals surface area contributed by atoms with Gasteiger partial charge < -0.3 is 10.1 Å². The second-order valence-electron chi connectivity index (χ2n) is 7.99. The first-order valence-corrected chi connectivity index (χ1v) is 9.06. The lowest BCUT2D eigenvalue weighted by Gasteiger charge is -2.47. The molecular weight excluding hydrogens is 284 g/mol. The number of piperidine rings is 1. The molecule has 124 valence electrons. The highest BCUT2D eigenvalue weighted by atomic mass is 16.3. The van der Waals surface area contributed by atoms with Gasteiger partial charge in [0.2, 0.25) is 0 Å². The van der Waals surface area contributed by atoms with E-state index in [4.69, 9.17) is 0 Å². The zero-order valence-corrected chi connectivity index (χ0v) is 14.5. The molecule has 2 aliphatic heterocycles. The summed E-state index contributed by atoms with van der Waals surface area (Å²) in [7, 11) is 0. The van der Waals surface area contributed by atoms with Crippen LogP contribution in [0.4, 0.5) is 0 Å². The summed E-state index contributed by atoms with van der Waals surface area (Å²) in [5.74, 6) is 0.997. The zero-order chi connectivity index (χ0) is 16.2. The fourth-order valence-corrected chi connectivity index (χ4v) is 4.77. The molecule has 2 unspecified atom stereocenters. The van der Waals surface area contributed by atoms with Gasteiger partial charge in [0, 0.05) is 23.1 Å². The van der Waals surface area contributed by atoms with E-state index in [9.17, 15) is 5.11 Å². The van der Waals surface area contributed by atoms with E-state index in [-0.39, 0.29) is 0 Å². The second kappa shape index (κ2) is 5.35. The smallest absolute Gasteiger partial charge is 0.0620 e. The number of fused-ring (bicyclic) bond motifs is 5. The molecule has 2 aliphatic rings. The van der Waals surface area contributed by atoms with E-state index in [2.05, 4.69) is 41.1 Å². The Morgan fingerprint density at radius 3 is 2.83 bits per heavy atom. The van der Waals surface area contributed by atoms with Crippen LogP contribution in [0, 0.1) is 5.92 Å². The fraction of sp³-hybridized carbons (Fsp3) is 0.600. The third kappa shape index (κ3) is 2.41. The van der Waals surface area contributed by atoms with Gasteiger partial charge in [-0.1, -0.05) is 25.1 Å². The van der Waals surface area contributed by atoms with Gasteiger partial charge in [-0.15, -0.1) is 0 Å². The Kier molecular flexibility index (Phi) is 3.54. The van der Waals surface area contributed by atoms with Crippen LogP contribution < -0.4 is 0 Å². The Morgan fingerprint density at radius 2 is 2.09 bits per heavy atom. The van der Waals surface area contributed by atoms with E-state index in [1.54, 1.807) is 5.56 Å². The Bertz CT molecular complexity index is 712.